The number of para-hydroxylation sites is 1. The summed E-state index contributed by atoms with van der Waals surface area (Å²) < 4.78 is 13.3. The van der Waals surface area contributed by atoms with E-state index in [-0.39, 0.29) is 24.3 Å². The molecule has 9 heteroatoms. The number of nitriles is 1. The molecule has 0 aliphatic carbocycles. The molecule has 2 heterocycles. The molecular weight excluding hydrogens is 546 g/mol. The van der Waals surface area contributed by atoms with Crippen molar-refractivity contribution in [3.05, 3.63) is 131 Å². The number of carbonyl (C=O) groups excluding carboxylic acids is 1. The molecule has 0 spiro atoms. The first-order valence-electron chi connectivity index (χ1n) is 12.6. The van der Waals surface area contributed by atoms with Gasteiger partial charge in [-0.2, -0.15) is 5.26 Å². The van der Waals surface area contributed by atoms with E-state index >= 15 is 0 Å². The zero-order valence-corrected chi connectivity index (χ0v) is 23.3. The van der Waals surface area contributed by atoms with Gasteiger partial charge in [0.05, 0.1) is 34.0 Å². The Hall–Kier alpha value is -4.45. The normalized spacial score (nSPS) is 14.8. The summed E-state index contributed by atoms with van der Waals surface area (Å²) in [6.07, 6.45) is 1.75. The molecule has 1 atom stereocenters. The third kappa shape index (κ3) is 5.22. The van der Waals surface area contributed by atoms with E-state index in [1.54, 1.807) is 50.3 Å². The van der Waals surface area contributed by atoms with Crippen LogP contribution in [0.25, 0.3) is 6.08 Å². The van der Waals surface area contributed by atoms with Crippen LogP contribution in [0.5, 0.6) is 5.75 Å². The SMILES string of the molecule is CCOC(=O)C1=C(C)N=c2s/c(=C\c3ccccc3OCc3ccccc3C#N)c(=O)n2[C@@H]1c1ccccc1Cl. The number of carbonyl (C=O) groups is 1. The maximum atomic E-state index is 13.9. The van der Waals surface area contributed by atoms with Gasteiger partial charge in [-0.25, -0.2) is 9.79 Å². The minimum Gasteiger partial charge on any atom is -0.488 e. The van der Waals surface area contributed by atoms with Crippen LogP contribution in [-0.2, 0) is 16.1 Å². The molecule has 0 fully saturated rings. The highest BCUT2D eigenvalue weighted by Gasteiger charge is 2.34. The van der Waals surface area contributed by atoms with Crippen molar-refractivity contribution in [2.45, 2.75) is 26.5 Å². The number of benzene rings is 3. The van der Waals surface area contributed by atoms with Crippen LogP contribution in [-0.4, -0.2) is 17.1 Å². The summed E-state index contributed by atoms with van der Waals surface area (Å²) in [5.41, 5.74) is 3.03. The first-order chi connectivity index (χ1) is 19.4. The van der Waals surface area contributed by atoms with Crippen LogP contribution in [0, 0.1) is 11.3 Å². The predicted molar refractivity (Wildman–Crippen MR) is 154 cm³/mol. The smallest absolute Gasteiger partial charge is 0.338 e. The number of ether oxygens (including phenoxy) is 2. The summed E-state index contributed by atoms with van der Waals surface area (Å²) in [7, 11) is 0. The van der Waals surface area contributed by atoms with Crippen molar-refractivity contribution in [2.24, 2.45) is 4.99 Å². The Balaban J connectivity index is 1.61. The van der Waals surface area contributed by atoms with Crippen molar-refractivity contribution in [2.75, 3.05) is 6.61 Å². The van der Waals surface area contributed by atoms with Gasteiger partial charge < -0.3 is 9.47 Å². The number of rotatable bonds is 7. The molecule has 7 nitrogen and oxygen atoms in total. The summed E-state index contributed by atoms with van der Waals surface area (Å²) in [6, 6.07) is 23.1. The molecule has 0 unspecified atom stereocenters. The first kappa shape index (κ1) is 27.1. The van der Waals surface area contributed by atoms with Crippen LogP contribution in [0.3, 0.4) is 0 Å². The zero-order chi connectivity index (χ0) is 28.2. The van der Waals surface area contributed by atoms with Gasteiger partial charge in [0, 0.05) is 16.1 Å². The molecule has 1 aromatic heterocycles. The van der Waals surface area contributed by atoms with E-state index in [4.69, 9.17) is 21.1 Å². The number of esters is 1. The topological polar surface area (TPSA) is 93.7 Å². The first-order valence-corrected chi connectivity index (χ1v) is 13.8. The van der Waals surface area contributed by atoms with Gasteiger partial charge in [0.1, 0.15) is 18.4 Å². The Morgan fingerprint density at radius 3 is 2.62 bits per heavy atom. The summed E-state index contributed by atoms with van der Waals surface area (Å²) in [6.45, 7) is 3.84. The summed E-state index contributed by atoms with van der Waals surface area (Å²) in [4.78, 5) is 32.0. The third-order valence-electron chi connectivity index (χ3n) is 6.44. The monoisotopic (exact) mass is 569 g/mol. The average Bonchev–Trinajstić information content (AvgIpc) is 3.26. The molecule has 0 bridgehead atoms. The number of thiazole rings is 1. The third-order valence-corrected chi connectivity index (χ3v) is 7.77. The second-order valence-electron chi connectivity index (χ2n) is 8.92. The van der Waals surface area contributed by atoms with E-state index in [9.17, 15) is 14.9 Å². The van der Waals surface area contributed by atoms with Gasteiger partial charge in [0.25, 0.3) is 5.56 Å². The van der Waals surface area contributed by atoms with Gasteiger partial charge in [-0.3, -0.25) is 9.36 Å². The highest BCUT2D eigenvalue weighted by Crippen LogP contribution is 2.34. The highest BCUT2D eigenvalue weighted by molar-refractivity contribution is 7.07. The molecule has 0 saturated carbocycles. The lowest BCUT2D eigenvalue weighted by atomic mass is 9.96. The maximum Gasteiger partial charge on any atom is 0.338 e. The molecule has 4 aromatic rings. The van der Waals surface area contributed by atoms with E-state index in [0.717, 1.165) is 5.56 Å². The van der Waals surface area contributed by atoms with Crippen LogP contribution >= 0.6 is 22.9 Å². The van der Waals surface area contributed by atoms with Crippen molar-refractivity contribution < 1.29 is 14.3 Å². The minimum atomic E-state index is -0.792. The molecular formula is C31H24ClN3O4S. The molecule has 0 saturated heterocycles. The second-order valence-corrected chi connectivity index (χ2v) is 10.3. The van der Waals surface area contributed by atoms with E-state index in [1.807, 2.05) is 42.5 Å². The Bertz CT molecular complexity index is 1870. The summed E-state index contributed by atoms with van der Waals surface area (Å²) in [5.74, 6) is 0.0199. The van der Waals surface area contributed by atoms with Crippen molar-refractivity contribution >= 4 is 35.0 Å². The number of aromatic nitrogens is 1. The van der Waals surface area contributed by atoms with Gasteiger partial charge in [0.2, 0.25) is 0 Å². The Labute approximate surface area is 239 Å². The summed E-state index contributed by atoms with van der Waals surface area (Å²) in [5, 5.41) is 9.83. The fourth-order valence-corrected chi connectivity index (χ4v) is 5.84. The van der Waals surface area contributed by atoms with Crippen LogP contribution in [0.2, 0.25) is 5.02 Å². The van der Waals surface area contributed by atoms with Crippen LogP contribution in [0.1, 0.15) is 42.1 Å². The van der Waals surface area contributed by atoms with E-state index in [2.05, 4.69) is 11.1 Å². The van der Waals surface area contributed by atoms with Gasteiger partial charge in [-0.1, -0.05) is 77.5 Å². The van der Waals surface area contributed by atoms with Crippen molar-refractivity contribution in [1.82, 2.24) is 4.57 Å². The standard InChI is InChI=1S/C31H24ClN3O4S/c1-3-38-30(37)27-19(2)34-31-35(28(27)23-13-7-8-14-24(23)32)29(36)26(40-31)16-20-10-6-9-15-25(20)39-18-22-12-5-4-11-21(22)17-33/h4-16,28H,3,18H2,1-2H3/b26-16-/t28-/m1/s1. The molecule has 40 heavy (non-hydrogen) atoms. The van der Waals surface area contributed by atoms with E-state index < -0.39 is 12.0 Å². The summed E-state index contributed by atoms with van der Waals surface area (Å²) >= 11 is 7.80. The highest BCUT2D eigenvalue weighted by atomic mass is 35.5. The number of hydrogen-bond donors (Lipinski definition) is 0. The van der Waals surface area contributed by atoms with E-state index in [1.165, 1.54) is 15.9 Å². The molecule has 3 aromatic carbocycles. The van der Waals surface area contributed by atoms with Crippen LogP contribution in [0.4, 0.5) is 0 Å². The van der Waals surface area contributed by atoms with Crippen molar-refractivity contribution in [3.63, 3.8) is 0 Å². The number of allylic oxidation sites excluding steroid dienone is 1. The Morgan fingerprint density at radius 2 is 1.85 bits per heavy atom. The fraction of sp³-hybridized carbons (Fsp3) is 0.161. The van der Waals surface area contributed by atoms with Gasteiger partial charge in [-0.15, -0.1) is 0 Å². The number of fused-ring (bicyclic) bond motifs is 1. The molecule has 5 rings (SSSR count). The number of hydrogen-bond acceptors (Lipinski definition) is 7. The van der Waals surface area contributed by atoms with E-state index in [0.29, 0.717) is 42.5 Å². The lowest BCUT2D eigenvalue weighted by Crippen LogP contribution is -2.40. The second kappa shape index (κ2) is 11.7. The average molecular weight is 570 g/mol. The van der Waals surface area contributed by atoms with Crippen LogP contribution < -0.4 is 19.6 Å². The number of nitrogens with zero attached hydrogens (tertiary/aromatic N) is 3. The largest absolute Gasteiger partial charge is 0.488 e. The van der Waals surface area contributed by atoms with Crippen LogP contribution in [0.15, 0.2) is 93.9 Å². The van der Waals surface area contributed by atoms with Crippen molar-refractivity contribution in [1.29, 1.82) is 5.26 Å². The van der Waals surface area contributed by atoms with Gasteiger partial charge in [-0.05, 0) is 43.7 Å². The minimum absolute atomic E-state index is 0.185. The fourth-order valence-electron chi connectivity index (χ4n) is 4.57. The maximum absolute atomic E-state index is 13.9. The molecule has 0 amide bonds. The molecule has 1 aliphatic rings. The Morgan fingerprint density at radius 1 is 1.12 bits per heavy atom. The lowest BCUT2D eigenvalue weighted by molar-refractivity contribution is -0.139. The predicted octanol–water partition coefficient (Wildman–Crippen LogP) is 4.90. The molecule has 0 radical (unpaired) electrons. The molecule has 1 aliphatic heterocycles. The van der Waals surface area contributed by atoms with Crippen molar-refractivity contribution in [3.8, 4) is 11.8 Å². The lowest BCUT2D eigenvalue weighted by Gasteiger charge is -2.25. The van der Waals surface area contributed by atoms with Gasteiger partial charge in [0.15, 0.2) is 4.80 Å². The quantitative estimate of drug-likeness (QED) is 0.295. The zero-order valence-electron chi connectivity index (χ0n) is 21.8. The molecule has 0 N–H and O–H groups in total. The number of halogens is 1. The Kier molecular flexibility index (Phi) is 7.96. The van der Waals surface area contributed by atoms with Gasteiger partial charge >= 0.3 is 5.97 Å². The molecule has 200 valence electrons.